The average Bonchev–Trinajstić information content (AvgIpc) is 2.49. The number of amides is 1. The summed E-state index contributed by atoms with van der Waals surface area (Å²) in [6.45, 7) is 0.499. The first-order valence-corrected chi connectivity index (χ1v) is 6.33. The number of nitrogens with one attached hydrogen (secondary N) is 1. The van der Waals surface area contributed by atoms with Crippen LogP contribution < -0.4 is 5.32 Å². The molecule has 0 unspecified atom stereocenters. The minimum Gasteiger partial charge on any atom is -0.478 e. The number of carboxylic acid groups (broad SMARTS) is 1. The van der Waals surface area contributed by atoms with Gasteiger partial charge in [0.2, 0.25) is 0 Å². The van der Waals surface area contributed by atoms with E-state index in [0.29, 0.717) is 17.9 Å². The molecule has 5 nitrogen and oxygen atoms in total. The van der Waals surface area contributed by atoms with Gasteiger partial charge in [0.25, 0.3) is 5.91 Å². The second kappa shape index (κ2) is 6.67. The van der Waals surface area contributed by atoms with E-state index in [-0.39, 0.29) is 11.5 Å². The van der Waals surface area contributed by atoms with Gasteiger partial charge in [0.05, 0.1) is 12.2 Å². The molecule has 5 heteroatoms. The van der Waals surface area contributed by atoms with E-state index < -0.39 is 5.97 Å². The maximum absolute atomic E-state index is 12.0. The fraction of sp³-hybridized carbons (Fsp3) is 0.125. The fourth-order valence-electron chi connectivity index (χ4n) is 1.82. The number of methoxy groups -OCH3 is 1. The van der Waals surface area contributed by atoms with Crippen LogP contribution in [0, 0.1) is 0 Å². The summed E-state index contributed by atoms with van der Waals surface area (Å²) in [7, 11) is 1.61. The molecule has 0 aliphatic carbocycles. The normalized spacial score (nSPS) is 10.1. The third-order valence-corrected chi connectivity index (χ3v) is 2.92. The van der Waals surface area contributed by atoms with E-state index in [9.17, 15) is 9.59 Å². The highest BCUT2D eigenvalue weighted by Gasteiger charge is 2.07. The smallest absolute Gasteiger partial charge is 0.335 e. The van der Waals surface area contributed by atoms with Crippen molar-refractivity contribution in [2.24, 2.45) is 0 Å². The molecule has 0 aliphatic rings. The van der Waals surface area contributed by atoms with Crippen molar-refractivity contribution in [1.82, 2.24) is 0 Å². The molecule has 0 fully saturated rings. The summed E-state index contributed by atoms with van der Waals surface area (Å²) in [5, 5.41) is 11.5. The monoisotopic (exact) mass is 285 g/mol. The summed E-state index contributed by atoms with van der Waals surface area (Å²) in [6.07, 6.45) is 0. The molecule has 21 heavy (non-hydrogen) atoms. The van der Waals surface area contributed by atoms with Gasteiger partial charge in [0.15, 0.2) is 0 Å². The molecule has 2 aromatic carbocycles. The Morgan fingerprint density at radius 2 is 1.57 bits per heavy atom. The van der Waals surface area contributed by atoms with E-state index in [0.717, 1.165) is 5.56 Å². The molecule has 0 saturated heterocycles. The zero-order chi connectivity index (χ0) is 15.2. The van der Waals surface area contributed by atoms with Gasteiger partial charge in [-0.1, -0.05) is 12.1 Å². The van der Waals surface area contributed by atoms with Crippen LogP contribution in [0.1, 0.15) is 26.3 Å². The van der Waals surface area contributed by atoms with Crippen LogP contribution in [0.15, 0.2) is 48.5 Å². The molecule has 108 valence electrons. The zero-order valence-corrected chi connectivity index (χ0v) is 11.5. The van der Waals surface area contributed by atoms with Gasteiger partial charge in [-0.2, -0.15) is 0 Å². The maximum atomic E-state index is 12.0. The van der Waals surface area contributed by atoms with Crippen molar-refractivity contribution in [2.75, 3.05) is 12.4 Å². The third-order valence-electron chi connectivity index (χ3n) is 2.92. The lowest BCUT2D eigenvalue weighted by molar-refractivity contribution is 0.0696. The summed E-state index contributed by atoms with van der Waals surface area (Å²) in [5.74, 6) is -1.25. The number of anilines is 1. The Bertz CT molecular complexity index is 632. The quantitative estimate of drug-likeness (QED) is 0.885. The fourth-order valence-corrected chi connectivity index (χ4v) is 1.82. The summed E-state index contributed by atoms with van der Waals surface area (Å²) in [6, 6.07) is 13.1. The Kier molecular flexibility index (Phi) is 4.68. The van der Waals surface area contributed by atoms with Crippen LogP contribution in [0.4, 0.5) is 5.69 Å². The van der Waals surface area contributed by atoms with Crippen LogP contribution in [-0.4, -0.2) is 24.1 Å². The topological polar surface area (TPSA) is 75.6 Å². The Balaban J connectivity index is 2.05. The van der Waals surface area contributed by atoms with Gasteiger partial charge in [0.1, 0.15) is 0 Å². The number of carbonyl (C=O) groups excluding carboxylic acids is 1. The highest BCUT2D eigenvalue weighted by molar-refractivity contribution is 6.04. The van der Waals surface area contributed by atoms with Crippen LogP contribution >= 0.6 is 0 Å². The lowest BCUT2D eigenvalue weighted by Gasteiger charge is -2.06. The second-order valence-corrected chi connectivity index (χ2v) is 4.47. The highest BCUT2D eigenvalue weighted by atomic mass is 16.5. The lowest BCUT2D eigenvalue weighted by Crippen LogP contribution is -2.12. The molecule has 2 aromatic rings. The summed E-state index contributed by atoms with van der Waals surface area (Å²) in [5.41, 5.74) is 2.24. The van der Waals surface area contributed by atoms with Crippen molar-refractivity contribution < 1.29 is 19.4 Å². The number of hydrogen-bond acceptors (Lipinski definition) is 3. The molecule has 0 spiro atoms. The van der Waals surface area contributed by atoms with Gasteiger partial charge in [-0.05, 0) is 42.0 Å². The van der Waals surface area contributed by atoms with E-state index in [1.54, 1.807) is 31.4 Å². The molecule has 0 aliphatic heterocycles. The van der Waals surface area contributed by atoms with Crippen LogP contribution in [0.25, 0.3) is 0 Å². The average molecular weight is 285 g/mol. The molecule has 0 bridgehead atoms. The minimum atomic E-state index is -0.999. The number of hydrogen-bond donors (Lipinski definition) is 2. The Hall–Kier alpha value is -2.66. The second-order valence-electron chi connectivity index (χ2n) is 4.47. The van der Waals surface area contributed by atoms with Crippen molar-refractivity contribution in [3.8, 4) is 0 Å². The van der Waals surface area contributed by atoms with Gasteiger partial charge in [0, 0.05) is 18.4 Å². The summed E-state index contributed by atoms with van der Waals surface area (Å²) in [4.78, 5) is 22.8. The Morgan fingerprint density at radius 1 is 1.00 bits per heavy atom. The number of benzene rings is 2. The third kappa shape index (κ3) is 3.90. The van der Waals surface area contributed by atoms with E-state index in [4.69, 9.17) is 9.84 Å². The summed E-state index contributed by atoms with van der Waals surface area (Å²) < 4.78 is 5.01. The Labute approximate surface area is 122 Å². The number of aromatic carboxylic acids is 1. The van der Waals surface area contributed by atoms with Crippen molar-refractivity contribution in [1.29, 1.82) is 0 Å². The first-order chi connectivity index (χ1) is 10.1. The van der Waals surface area contributed by atoms with Crippen molar-refractivity contribution >= 4 is 17.6 Å². The van der Waals surface area contributed by atoms with Crippen LogP contribution in [0.2, 0.25) is 0 Å². The van der Waals surface area contributed by atoms with Gasteiger partial charge >= 0.3 is 5.97 Å². The van der Waals surface area contributed by atoms with E-state index in [1.165, 1.54) is 12.1 Å². The SMILES string of the molecule is COCc1ccc(C(=O)Nc2ccc(C(=O)O)cc2)cc1. The van der Waals surface area contributed by atoms with Crippen molar-refractivity contribution in [2.45, 2.75) is 6.61 Å². The van der Waals surface area contributed by atoms with Gasteiger partial charge in [-0.25, -0.2) is 4.79 Å². The van der Waals surface area contributed by atoms with Crippen LogP contribution in [0.3, 0.4) is 0 Å². The number of ether oxygens (including phenoxy) is 1. The Morgan fingerprint density at radius 3 is 2.10 bits per heavy atom. The molecule has 2 rings (SSSR count). The van der Waals surface area contributed by atoms with E-state index in [1.807, 2.05) is 12.1 Å². The first-order valence-electron chi connectivity index (χ1n) is 6.33. The maximum Gasteiger partial charge on any atom is 0.335 e. The predicted molar refractivity (Wildman–Crippen MR) is 78.5 cm³/mol. The first kappa shape index (κ1) is 14.7. The molecular weight excluding hydrogens is 270 g/mol. The van der Waals surface area contributed by atoms with Gasteiger partial charge < -0.3 is 15.2 Å². The molecule has 0 aromatic heterocycles. The largest absolute Gasteiger partial charge is 0.478 e. The number of carboxylic acids is 1. The van der Waals surface area contributed by atoms with Gasteiger partial charge in [-0.3, -0.25) is 4.79 Å². The highest BCUT2D eigenvalue weighted by Crippen LogP contribution is 2.12. The van der Waals surface area contributed by atoms with Crippen LogP contribution in [-0.2, 0) is 11.3 Å². The van der Waals surface area contributed by atoms with Gasteiger partial charge in [-0.15, -0.1) is 0 Å². The standard InChI is InChI=1S/C16H15NO4/c1-21-10-11-2-4-12(5-3-11)15(18)17-14-8-6-13(7-9-14)16(19)20/h2-9H,10H2,1H3,(H,17,18)(H,19,20). The molecule has 1 amide bonds. The molecule has 2 N–H and O–H groups in total. The molecular formula is C16H15NO4. The zero-order valence-electron chi connectivity index (χ0n) is 11.5. The van der Waals surface area contributed by atoms with Crippen LogP contribution in [0.5, 0.6) is 0 Å². The van der Waals surface area contributed by atoms with Crippen molar-refractivity contribution in [3.63, 3.8) is 0 Å². The molecule has 0 radical (unpaired) electrons. The molecule has 0 atom stereocenters. The summed E-state index contributed by atoms with van der Waals surface area (Å²) >= 11 is 0. The minimum absolute atomic E-state index is 0.178. The molecule has 0 heterocycles. The van der Waals surface area contributed by atoms with E-state index in [2.05, 4.69) is 5.32 Å². The lowest BCUT2D eigenvalue weighted by atomic mass is 10.1. The van der Waals surface area contributed by atoms with Crippen molar-refractivity contribution in [3.05, 3.63) is 65.2 Å². The number of rotatable bonds is 5. The van der Waals surface area contributed by atoms with E-state index >= 15 is 0 Å². The molecule has 0 saturated carbocycles. The number of carbonyl (C=O) groups is 2. The predicted octanol–water partition coefficient (Wildman–Crippen LogP) is 2.78.